The number of aromatic nitrogens is 2. The number of amides is 1. The van der Waals surface area contributed by atoms with Gasteiger partial charge in [-0.1, -0.05) is 11.2 Å². The van der Waals surface area contributed by atoms with Crippen LogP contribution in [0.25, 0.3) is 10.7 Å². The van der Waals surface area contributed by atoms with E-state index in [1.54, 1.807) is 0 Å². The summed E-state index contributed by atoms with van der Waals surface area (Å²) in [4.78, 5) is 18.1. The molecule has 1 aromatic carbocycles. The lowest BCUT2D eigenvalue weighted by atomic mass is 10.2. The maximum atomic E-state index is 14.0. The van der Waals surface area contributed by atoms with Crippen molar-refractivity contribution >= 4 is 27.3 Å². The number of thiophene rings is 1. The highest BCUT2D eigenvalue weighted by atomic mass is 32.2. The quantitative estimate of drug-likeness (QED) is 0.497. The third-order valence-electron chi connectivity index (χ3n) is 4.97. The Kier molecular flexibility index (Phi) is 6.31. The van der Waals surface area contributed by atoms with Gasteiger partial charge in [0, 0.05) is 39.0 Å². The number of carbonyl (C=O) groups excluding carboxylic acids is 1. The van der Waals surface area contributed by atoms with Crippen molar-refractivity contribution in [3.05, 3.63) is 53.0 Å². The van der Waals surface area contributed by atoms with Crippen LogP contribution in [0.2, 0.25) is 0 Å². The van der Waals surface area contributed by atoms with Crippen molar-refractivity contribution in [2.24, 2.45) is 0 Å². The standard InChI is InChI=1S/C19H17F3N4O4S2/c20-12-3-4-14(18(22)17(12)21)32(28,29)26-9-7-25(8-10-26)16(27)6-5-15-23-19(24-30-15)13-2-1-11-31-13/h1-4,11H,5-10H2. The van der Waals surface area contributed by atoms with Gasteiger partial charge in [-0.05, 0) is 23.6 Å². The van der Waals surface area contributed by atoms with Crippen LogP contribution >= 0.6 is 11.3 Å². The van der Waals surface area contributed by atoms with Gasteiger partial charge in [-0.2, -0.15) is 9.29 Å². The average Bonchev–Trinajstić information content (AvgIpc) is 3.47. The highest BCUT2D eigenvalue weighted by molar-refractivity contribution is 7.89. The minimum Gasteiger partial charge on any atom is -0.340 e. The molecule has 0 spiro atoms. The molecule has 3 heterocycles. The average molecular weight is 486 g/mol. The topological polar surface area (TPSA) is 96.6 Å². The predicted molar refractivity (Wildman–Crippen MR) is 108 cm³/mol. The molecule has 0 aliphatic carbocycles. The molecule has 2 aromatic heterocycles. The molecule has 1 aliphatic rings. The maximum Gasteiger partial charge on any atom is 0.246 e. The Bertz CT molecular complexity index is 1220. The van der Waals surface area contributed by atoms with E-state index in [1.807, 2.05) is 17.5 Å². The Labute approximate surface area is 185 Å². The normalized spacial score (nSPS) is 15.3. The lowest BCUT2D eigenvalue weighted by Gasteiger charge is -2.34. The molecule has 8 nitrogen and oxygen atoms in total. The lowest BCUT2D eigenvalue weighted by Crippen LogP contribution is -2.50. The SMILES string of the molecule is O=C(CCc1nc(-c2cccs2)no1)N1CCN(S(=O)(=O)c2ccc(F)c(F)c2F)CC1. The molecule has 170 valence electrons. The van der Waals surface area contributed by atoms with Crippen molar-refractivity contribution in [2.75, 3.05) is 26.2 Å². The number of benzene rings is 1. The molecule has 3 aromatic rings. The molecule has 1 saturated heterocycles. The molecule has 13 heteroatoms. The molecule has 0 N–H and O–H groups in total. The second-order valence-electron chi connectivity index (χ2n) is 6.95. The van der Waals surface area contributed by atoms with Crippen molar-refractivity contribution in [1.82, 2.24) is 19.3 Å². The van der Waals surface area contributed by atoms with E-state index >= 15 is 0 Å². The summed E-state index contributed by atoms with van der Waals surface area (Å²) < 4.78 is 71.9. The molecular formula is C19H17F3N4O4S2. The van der Waals surface area contributed by atoms with Crippen molar-refractivity contribution in [2.45, 2.75) is 17.7 Å². The molecule has 0 unspecified atom stereocenters. The monoisotopic (exact) mass is 486 g/mol. The number of halogens is 3. The molecule has 32 heavy (non-hydrogen) atoms. The van der Waals surface area contributed by atoms with Gasteiger partial charge in [0.1, 0.15) is 4.90 Å². The van der Waals surface area contributed by atoms with E-state index in [2.05, 4.69) is 10.1 Å². The second-order valence-corrected chi connectivity index (χ2v) is 9.80. The lowest BCUT2D eigenvalue weighted by molar-refractivity contribution is -0.132. The summed E-state index contributed by atoms with van der Waals surface area (Å²) in [5, 5.41) is 5.76. The number of sulfonamides is 1. The summed E-state index contributed by atoms with van der Waals surface area (Å²) in [7, 11) is -4.37. The summed E-state index contributed by atoms with van der Waals surface area (Å²) in [5.41, 5.74) is 0. The summed E-state index contributed by atoms with van der Waals surface area (Å²) in [5.74, 6) is -4.53. The van der Waals surface area contributed by atoms with Gasteiger partial charge >= 0.3 is 0 Å². The zero-order valence-corrected chi connectivity index (χ0v) is 18.1. The fraction of sp³-hybridized carbons (Fsp3) is 0.316. The number of nitrogens with zero attached hydrogens (tertiary/aromatic N) is 4. The van der Waals surface area contributed by atoms with Gasteiger partial charge in [-0.3, -0.25) is 4.79 Å². The van der Waals surface area contributed by atoms with Crippen LogP contribution in [0.15, 0.2) is 39.1 Å². The Morgan fingerprint density at radius 2 is 1.84 bits per heavy atom. The van der Waals surface area contributed by atoms with Gasteiger partial charge in [0.05, 0.1) is 4.88 Å². The number of carbonyl (C=O) groups is 1. The number of aryl methyl sites for hydroxylation is 1. The molecule has 1 amide bonds. The third-order valence-corrected chi connectivity index (χ3v) is 7.75. The molecular weight excluding hydrogens is 469 g/mol. The first kappa shape index (κ1) is 22.4. The summed E-state index contributed by atoms with van der Waals surface area (Å²) in [6, 6.07) is 4.96. The Hall–Kier alpha value is -2.77. The molecule has 0 saturated carbocycles. The van der Waals surface area contributed by atoms with Gasteiger partial charge in [0.25, 0.3) is 0 Å². The first-order valence-corrected chi connectivity index (χ1v) is 11.9. The van der Waals surface area contributed by atoms with Crippen LogP contribution < -0.4 is 0 Å². The maximum absolute atomic E-state index is 14.0. The van der Waals surface area contributed by atoms with E-state index in [-0.39, 0.29) is 44.9 Å². The van der Waals surface area contributed by atoms with E-state index < -0.39 is 32.4 Å². The zero-order valence-electron chi connectivity index (χ0n) is 16.5. The van der Waals surface area contributed by atoms with E-state index in [9.17, 15) is 26.4 Å². The second kappa shape index (κ2) is 9.00. The highest BCUT2D eigenvalue weighted by Gasteiger charge is 2.33. The summed E-state index contributed by atoms with van der Waals surface area (Å²) >= 11 is 1.46. The Morgan fingerprint density at radius 1 is 1.09 bits per heavy atom. The Balaban J connectivity index is 1.33. The van der Waals surface area contributed by atoms with Crippen LogP contribution in [0.5, 0.6) is 0 Å². The van der Waals surface area contributed by atoms with Crippen molar-refractivity contribution in [1.29, 1.82) is 0 Å². The van der Waals surface area contributed by atoms with E-state index in [0.717, 1.165) is 9.18 Å². The molecule has 0 bridgehead atoms. The molecule has 1 fully saturated rings. The smallest absolute Gasteiger partial charge is 0.246 e. The van der Waals surface area contributed by atoms with Crippen LogP contribution in [-0.4, -0.2) is 59.8 Å². The van der Waals surface area contributed by atoms with Gasteiger partial charge < -0.3 is 9.42 Å². The van der Waals surface area contributed by atoms with Gasteiger partial charge in [-0.15, -0.1) is 11.3 Å². The van der Waals surface area contributed by atoms with E-state index in [1.165, 1.54) is 16.2 Å². The van der Waals surface area contributed by atoms with Crippen LogP contribution in [0.3, 0.4) is 0 Å². The fourth-order valence-corrected chi connectivity index (χ4v) is 5.39. The van der Waals surface area contributed by atoms with Crippen LogP contribution in [-0.2, 0) is 21.2 Å². The molecule has 1 aliphatic heterocycles. The first-order valence-electron chi connectivity index (χ1n) is 9.55. The van der Waals surface area contributed by atoms with Gasteiger partial charge in [0.15, 0.2) is 17.5 Å². The molecule has 0 radical (unpaired) electrons. The number of hydrogen-bond acceptors (Lipinski definition) is 7. The fourth-order valence-electron chi connectivity index (χ4n) is 3.26. The van der Waals surface area contributed by atoms with E-state index in [0.29, 0.717) is 23.8 Å². The van der Waals surface area contributed by atoms with Crippen LogP contribution in [0, 0.1) is 17.5 Å². The van der Waals surface area contributed by atoms with Gasteiger partial charge in [0.2, 0.25) is 27.6 Å². The van der Waals surface area contributed by atoms with Gasteiger partial charge in [-0.25, -0.2) is 21.6 Å². The summed E-state index contributed by atoms with van der Waals surface area (Å²) in [6.07, 6.45) is 0.326. The molecule has 4 rings (SSSR count). The van der Waals surface area contributed by atoms with E-state index in [4.69, 9.17) is 4.52 Å². The predicted octanol–water partition coefficient (Wildman–Crippen LogP) is 2.68. The third kappa shape index (κ3) is 4.40. The number of piperazine rings is 1. The van der Waals surface area contributed by atoms with Crippen LogP contribution in [0.1, 0.15) is 12.3 Å². The number of hydrogen-bond donors (Lipinski definition) is 0. The minimum atomic E-state index is -4.37. The van der Waals surface area contributed by atoms with Crippen molar-refractivity contribution in [3.8, 4) is 10.7 Å². The van der Waals surface area contributed by atoms with Crippen LogP contribution in [0.4, 0.5) is 13.2 Å². The zero-order chi connectivity index (χ0) is 22.9. The number of rotatable bonds is 6. The molecule has 0 atom stereocenters. The highest BCUT2D eigenvalue weighted by Crippen LogP contribution is 2.24. The minimum absolute atomic E-state index is 0.0770. The largest absolute Gasteiger partial charge is 0.340 e. The Morgan fingerprint density at radius 3 is 2.53 bits per heavy atom. The summed E-state index contributed by atoms with van der Waals surface area (Å²) in [6.45, 7) is -0.0491. The van der Waals surface area contributed by atoms with Crippen molar-refractivity contribution in [3.63, 3.8) is 0 Å². The van der Waals surface area contributed by atoms with Crippen molar-refractivity contribution < 1.29 is 30.9 Å². The first-order chi connectivity index (χ1) is 15.3.